The van der Waals surface area contributed by atoms with E-state index in [-0.39, 0.29) is 22.5 Å². The van der Waals surface area contributed by atoms with E-state index in [2.05, 4.69) is 25.9 Å². The third kappa shape index (κ3) is 2.31. The minimum atomic E-state index is -0.764. The Bertz CT molecular complexity index is 969. The molecule has 0 bridgehead atoms. The molecular weight excluding hydrogens is 356 g/mol. The van der Waals surface area contributed by atoms with Crippen LogP contribution in [0.25, 0.3) is 16.9 Å². The Morgan fingerprint density at radius 2 is 1.91 bits per heavy atom. The zero-order valence-corrected chi connectivity index (χ0v) is 13.3. The SMILES string of the molecule is Cc1nc2c(-c3ccc(F)cc3F)nc(Br)cn2c(=O)c1C. The van der Waals surface area contributed by atoms with Crippen molar-refractivity contribution < 1.29 is 8.78 Å². The zero-order valence-electron chi connectivity index (χ0n) is 11.7. The van der Waals surface area contributed by atoms with Gasteiger partial charge in [-0.1, -0.05) is 0 Å². The lowest BCUT2D eigenvalue weighted by molar-refractivity contribution is 0.585. The van der Waals surface area contributed by atoms with Crippen LogP contribution in [-0.4, -0.2) is 14.4 Å². The maximum absolute atomic E-state index is 14.1. The molecule has 4 nitrogen and oxygen atoms in total. The molecule has 0 N–H and O–H groups in total. The van der Waals surface area contributed by atoms with E-state index in [1.807, 2.05) is 0 Å². The van der Waals surface area contributed by atoms with Gasteiger partial charge in [0.05, 0.1) is 0 Å². The molecule has 0 aliphatic rings. The van der Waals surface area contributed by atoms with Crippen LogP contribution in [0.3, 0.4) is 0 Å². The number of nitrogens with zero attached hydrogens (tertiary/aromatic N) is 3. The Morgan fingerprint density at radius 1 is 1.18 bits per heavy atom. The normalized spacial score (nSPS) is 11.1. The molecule has 0 amide bonds. The molecule has 0 aliphatic heterocycles. The highest BCUT2D eigenvalue weighted by Crippen LogP contribution is 2.26. The fourth-order valence-corrected chi connectivity index (χ4v) is 2.55. The van der Waals surface area contributed by atoms with E-state index in [0.29, 0.717) is 15.9 Å². The lowest BCUT2D eigenvalue weighted by atomic mass is 10.1. The van der Waals surface area contributed by atoms with E-state index >= 15 is 0 Å². The molecule has 7 heteroatoms. The number of aromatic nitrogens is 3. The summed E-state index contributed by atoms with van der Waals surface area (Å²) in [7, 11) is 0. The van der Waals surface area contributed by atoms with Crippen molar-refractivity contribution in [2.45, 2.75) is 13.8 Å². The molecule has 3 aromatic rings. The molecule has 0 aliphatic carbocycles. The van der Waals surface area contributed by atoms with Crippen molar-refractivity contribution >= 4 is 21.6 Å². The highest BCUT2D eigenvalue weighted by molar-refractivity contribution is 9.10. The van der Waals surface area contributed by atoms with Crippen LogP contribution in [0, 0.1) is 25.5 Å². The number of benzene rings is 1. The molecule has 0 spiro atoms. The third-order valence-electron chi connectivity index (χ3n) is 3.44. The van der Waals surface area contributed by atoms with Gasteiger partial charge in [-0.05, 0) is 41.9 Å². The lowest BCUT2D eigenvalue weighted by Crippen LogP contribution is -2.20. The van der Waals surface area contributed by atoms with Crippen LogP contribution in [0.4, 0.5) is 8.78 Å². The molecule has 3 rings (SSSR count). The Hall–Kier alpha value is -2.15. The van der Waals surface area contributed by atoms with E-state index in [4.69, 9.17) is 0 Å². The summed E-state index contributed by atoms with van der Waals surface area (Å²) in [5.74, 6) is -1.45. The number of halogens is 3. The first-order chi connectivity index (χ1) is 10.4. The molecule has 2 heterocycles. The fourth-order valence-electron chi connectivity index (χ4n) is 2.17. The average molecular weight is 366 g/mol. The minimum absolute atomic E-state index is 0.0790. The molecule has 0 saturated carbocycles. The Morgan fingerprint density at radius 3 is 2.59 bits per heavy atom. The Balaban J connectivity index is 2.46. The van der Waals surface area contributed by atoms with Gasteiger partial charge in [0.15, 0.2) is 5.65 Å². The topological polar surface area (TPSA) is 47.3 Å². The number of hydrogen-bond acceptors (Lipinski definition) is 3. The smallest absolute Gasteiger partial charge is 0.261 e. The second kappa shape index (κ2) is 5.24. The van der Waals surface area contributed by atoms with Crippen molar-refractivity contribution in [3.63, 3.8) is 0 Å². The predicted molar refractivity (Wildman–Crippen MR) is 81.8 cm³/mol. The summed E-state index contributed by atoms with van der Waals surface area (Å²) in [6.45, 7) is 3.37. The van der Waals surface area contributed by atoms with Gasteiger partial charge in [0.1, 0.15) is 21.9 Å². The van der Waals surface area contributed by atoms with E-state index in [1.54, 1.807) is 13.8 Å². The van der Waals surface area contributed by atoms with Gasteiger partial charge < -0.3 is 0 Å². The number of rotatable bonds is 1. The predicted octanol–water partition coefficient (Wildman–Crippen LogP) is 3.41. The molecule has 2 aromatic heterocycles. The Labute approximate surface area is 132 Å². The van der Waals surface area contributed by atoms with Gasteiger partial charge in [-0.15, -0.1) is 0 Å². The van der Waals surface area contributed by atoms with Crippen molar-refractivity contribution in [1.29, 1.82) is 0 Å². The molecule has 0 atom stereocenters. The number of fused-ring (bicyclic) bond motifs is 1. The summed E-state index contributed by atoms with van der Waals surface area (Å²) in [5.41, 5.74) is 1.26. The van der Waals surface area contributed by atoms with E-state index < -0.39 is 11.6 Å². The molecule has 1 aromatic carbocycles. The van der Waals surface area contributed by atoms with Crippen molar-refractivity contribution in [2.24, 2.45) is 0 Å². The molecule has 22 heavy (non-hydrogen) atoms. The number of aryl methyl sites for hydroxylation is 1. The summed E-state index contributed by atoms with van der Waals surface area (Å²) in [5, 5.41) is 0. The quantitative estimate of drug-likeness (QED) is 0.663. The average Bonchev–Trinajstić information content (AvgIpc) is 2.46. The second-order valence-electron chi connectivity index (χ2n) is 4.86. The zero-order chi connectivity index (χ0) is 16.0. The van der Waals surface area contributed by atoms with E-state index in [0.717, 1.165) is 12.1 Å². The van der Waals surface area contributed by atoms with Crippen LogP contribution in [0.2, 0.25) is 0 Å². The van der Waals surface area contributed by atoms with Crippen LogP contribution < -0.4 is 5.56 Å². The van der Waals surface area contributed by atoms with Crippen molar-refractivity contribution in [3.05, 3.63) is 62.2 Å². The molecule has 0 unspecified atom stereocenters. The Kier molecular flexibility index (Phi) is 3.52. The van der Waals surface area contributed by atoms with Crippen molar-refractivity contribution in [2.75, 3.05) is 0 Å². The van der Waals surface area contributed by atoms with Gasteiger partial charge in [0, 0.05) is 29.1 Å². The van der Waals surface area contributed by atoms with Gasteiger partial charge in [0.25, 0.3) is 5.56 Å². The molecule has 0 saturated heterocycles. The van der Waals surface area contributed by atoms with Crippen LogP contribution in [0.5, 0.6) is 0 Å². The summed E-state index contributed by atoms with van der Waals surface area (Å²) < 4.78 is 28.8. The monoisotopic (exact) mass is 365 g/mol. The lowest BCUT2D eigenvalue weighted by Gasteiger charge is -2.10. The van der Waals surface area contributed by atoms with Crippen molar-refractivity contribution in [1.82, 2.24) is 14.4 Å². The van der Waals surface area contributed by atoms with Gasteiger partial charge in [-0.2, -0.15) is 0 Å². The largest absolute Gasteiger partial charge is 0.269 e. The molecular formula is C15H10BrF2N3O. The van der Waals surface area contributed by atoms with Crippen LogP contribution in [-0.2, 0) is 0 Å². The van der Waals surface area contributed by atoms with Gasteiger partial charge in [-0.3, -0.25) is 9.20 Å². The maximum atomic E-state index is 14.1. The summed E-state index contributed by atoms with van der Waals surface area (Å²) in [6.07, 6.45) is 1.47. The molecule has 0 radical (unpaired) electrons. The highest BCUT2D eigenvalue weighted by atomic mass is 79.9. The van der Waals surface area contributed by atoms with Gasteiger partial charge >= 0.3 is 0 Å². The first kappa shape index (κ1) is 14.8. The first-order valence-corrected chi connectivity index (χ1v) is 7.19. The standard InChI is InChI=1S/C15H10BrF2N3O/c1-7-8(2)19-14-13(10-4-3-9(17)5-11(10)18)20-12(16)6-21(14)15(7)22/h3-6H,1-2H3. The minimum Gasteiger partial charge on any atom is -0.269 e. The molecule has 112 valence electrons. The van der Waals surface area contributed by atoms with Crippen LogP contribution in [0.1, 0.15) is 11.3 Å². The van der Waals surface area contributed by atoms with E-state index in [9.17, 15) is 13.6 Å². The van der Waals surface area contributed by atoms with Gasteiger partial charge in [-0.25, -0.2) is 18.7 Å². The fraction of sp³-hybridized carbons (Fsp3) is 0.133. The highest BCUT2D eigenvalue weighted by Gasteiger charge is 2.16. The summed E-state index contributed by atoms with van der Waals surface area (Å²) in [4.78, 5) is 20.9. The van der Waals surface area contributed by atoms with Crippen molar-refractivity contribution in [3.8, 4) is 11.3 Å². The van der Waals surface area contributed by atoms with Crippen LogP contribution in [0.15, 0.2) is 33.8 Å². The third-order valence-corrected chi connectivity index (χ3v) is 3.82. The molecule has 0 fully saturated rings. The maximum Gasteiger partial charge on any atom is 0.261 e. The first-order valence-electron chi connectivity index (χ1n) is 6.40. The summed E-state index contributed by atoms with van der Waals surface area (Å²) in [6, 6.07) is 3.19. The summed E-state index contributed by atoms with van der Waals surface area (Å²) >= 11 is 3.20. The number of hydrogen-bond donors (Lipinski definition) is 0. The van der Waals surface area contributed by atoms with Gasteiger partial charge in [0.2, 0.25) is 0 Å². The van der Waals surface area contributed by atoms with E-state index in [1.165, 1.54) is 16.7 Å². The second-order valence-corrected chi connectivity index (χ2v) is 5.67. The van der Waals surface area contributed by atoms with Crippen LogP contribution >= 0.6 is 15.9 Å².